The van der Waals surface area contributed by atoms with Crippen molar-refractivity contribution in [1.82, 2.24) is 5.32 Å². The Balaban J connectivity index is 1.62. The Labute approximate surface area is 142 Å². The van der Waals surface area contributed by atoms with Crippen LogP contribution in [0.25, 0.3) is 0 Å². The Morgan fingerprint density at radius 3 is 2.46 bits per heavy atom. The molecule has 0 heterocycles. The summed E-state index contributed by atoms with van der Waals surface area (Å²) in [4.78, 5) is 4.31. The van der Waals surface area contributed by atoms with E-state index in [1.54, 1.807) is 21.3 Å². The maximum atomic E-state index is 5.34. The predicted octanol–water partition coefficient (Wildman–Crippen LogP) is 3.25. The van der Waals surface area contributed by atoms with Crippen LogP contribution in [0.15, 0.2) is 53.5 Å². The Hall–Kier alpha value is -2.69. The molecule has 0 aromatic heterocycles. The van der Waals surface area contributed by atoms with Crippen LogP contribution >= 0.6 is 0 Å². The van der Waals surface area contributed by atoms with E-state index in [0.29, 0.717) is 23.5 Å². The van der Waals surface area contributed by atoms with Crippen LogP contribution in [0, 0.1) is 0 Å². The maximum Gasteiger partial charge on any atom is 0.195 e. The first-order valence-electron chi connectivity index (χ1n) is 8.02. The standard InChI is InChI=1S/C19H23N3O2/c1-20-19(21-14-9-10-17(23-2)18(11-14)24-3)22-16-12-15(16)13-7-5-4-6-8-13/h4-11,15-16H,12H2,1-3H3,(H2,20,21,22). The summed E-state index contributed by atoms with van der Waals surface area (Å²) in [5.74, 6) is 2.70. The molecule has 0 spiro atoms. The largest absolute Gasteiger partial charge is 0.493 e. The van der Waals surface area contributed by atoms with Gasteiger partial charge in [-0.3, -0.25) is 4.99 Å². The molecule has 1 aliphatic rings. The van der Waals surface area contributed by atoms with Crippen molar-refractivity contribution in [1.29, 1.82) is 0 Å². The average Bonchev–Trinajstić information content (AvgIpc) is 3.41. The molecule has 1 aliphatic carbocycles. The first-order chi connectivity index (χ1) is 11.7. The molecule has 2 N–H and O–H groups in total. The summed E-state index contributed by atoms with van der Waals surface area (Å²) in [5.41, 5.74) is 2.27. The van der Waals surface area contributed by atoms with Crippen molar-refractivity contribution < 1.29 is 9.47 Å². The Kier molecular flexibility index (Phi) is 4.89. The van der Waals surface area contributed by atoms with Crippen molar-refractivity contribution in [3.8, 4) is 11.5 Å². The van der Waals surface area contributed by atoms with Gasteiger partial charge < -0.3 is 20.1 Å². The van der Waals surface area contributed by atoms with Crippen molar-refractivity contribution in [2.45, 2.75) is 18.4 Å². The summed E-state index contributed by atoms with van der Waals surface area (Å²) in [5, 5.41) is 6.77. The van der Waals surface area contributed by atoms with E-state index >= 15 is 0 Å². The normalized spacial score (nSPS) is 19.5. The van der Waals surface area contributed by atoms with E-state index in [-0.39, 0.29) is 0 Å². The van der Waals surface area contributed by atoms with E-state index in [0.717, 1.165) is 18.1 Å². The number of methoxy groups -OCH3 is 2. The number of benzene rings is 2. The third-order valence-corrected chi connectivity index (χ3v) is 4.21. The molecule has 2 aromatic carbocycles. The zero-order valence-corrected chi connectivity index (χ0v) is 14.2. The van der Waals surface area contributed by atoms with E-state index < -0.39 is 0 Å². The third kappa shape index (κ3) is 3.62. The molecule has 1 saturated carbocycles. The molecule has 3 rings (SSSR count). The minimum atomic E-state index is 0.416. The molecule has 2 atom stereocenters. The van der Waals surface area contributed by atoms with Crippen molar-refractivity contribution in [3.63, 3.8) is 0 Å². The number of aliphatic imine (C=N–C) groups is 1. The van der Waals surface area contributed by atoms with Crippen LogP contribution < -0.4 is 20.1 Å². The molecule has 0 saturated heterocycles. The zero-order valence-electron chi connectivity index (χ0n) is 14.2. The highest BCUT2D eigenvalue weighted by Gasteiger charge is 2.38. The lowest BCUT2D eigenvalue weighted by atomic mass is 10.1. The lowest BCUT2D eigenvalue weighted by Gasteiger charge is -2.14. The molecule has 0 bridgehead atoms. The van der Waals surface area contributed by atoms with Gasteiger partial charge in [-0.25, -0.2) is 0 Å². The predicted molar refractivity (Wildman–Crippen MR) is 97.3 cm³/mol. The van der Waals surface area contributed by atoms with Gasteiger partial charge in [-0.15, -0.1) is 0 Å². The topological polar surface area (TPSA) is 54.9 Å². The second-order valence-electron chi connectivity index (χ2n) is 5.77. The fourth-order valence-corrected chi connectivity index (χ4v) is 2.81. The second kappa shape index (κ2) is 7.25. The number of anilines is 1. The van der Waals surface area contributed by atoms with Crippen molar-refractivity contribution >= 4 is 11.6 Å². The van der Waals surface area contributed by atoms with Crippen LogP contribution in [0.3, 0.4) is 0 Å². The molecule has 1 fully saturated rings. The molecule has 24 heavy (non-hydrogen) atoms. The van der Waals surface area contributed by atoms with E-state index in [1.807, 2.05) is 24.3 Å². The fourth-order valence-electron chi connectivity index (χ4n) is 2.81. The molecule has 2 aromatic rings. The smallest absolute Gasteiger partial charge is 0.195 e. The first-order valence-corrected chi connectivity index (χ1v) is 8.02. The van der Waals surface area contributed by atoms with Crippen molar-refractivity contribution in [3.05, 3.63) is 54.1 Å². The number of nitrogens with one attached hydrogen (secondary N) is 2. The molecule has 2 unspecified atom stereocenters. The molecule has 0 aliphatic heterocycles. The van der Waals surface area contributed by atoms with Crippen LogP contribution in [-0.4, -0.2) is 33.3 Å². The van der Waals surface area contributed by atoms with Gasteiger partial charge in [0.05, 0.1) is 14.2 Å². The Morgan fingerprint density at radius 2 is 1.79 bits per heavy atom. The SMILES string of the molecule is CN=C(Nc1ccc(OC)c(OC)c1)NC1CC1c1ccccc1. The maximum absolute atomic E-state index is 5.34. The minimum Gasteiger partial charge on any atom is -0.493 e. The van der Waals surface area contributed by atoms with E-state index in [1.165, 1.54) is 5.56 Å². The van der Waals surface area contributed by atoms with Gasteiger partial charge in [0.2, 0.25) is 0 Å². The summed E-state index contributed by atoms with van der Waals surface area (Å²) < 4.78 is 10.6. The van der Waals surface area contributed by atoms with Crippen molar-refractivity contribution in [2.75, 3.05) is 26.6 Å². The first kappa shape index (κ1) is 16.2. The monoisotopic (exact) mass is 325 g/mol. The fraction of sp³-hybridized carbons (Fsp3) is 0.316. The summed E-state index contributed by atoms with van der Waals surface area (Å²) >= 11 is 0. The van der Waals surface area contributed by atoms with Crippen LogP contribution in [-0.2, 0) is 0 Å². The molecular weight excluding hydrogens is 302 g/mol. The van der Waals surface area contributed by atoms with E-state index in [4.69, 9.17) is 9.47 Å². The van der Waals surface area contributed by atoms with Gasteiger partial charge in [0.1, 0.15) is 0 Å². The second-order valence-corrected chi connectivity index (χ2v) is 5.77. The van der Waals surface area contributed by atoms with Gasteiger partial charge in [0.15, 0.2) is 17.5 Å². The summed E-state index contributed by atoms with van der Waals surface area (Å²) in [6, 6.07) is 16.7. The summed E-state index contributed by atoms with van der Waals surface area (Å²) in [6.07, 6.45) is 1.12. The number of hydrogen-bond acceptors (Lipinski definition) is 3. The number of nitrogens with zero attached hydrogens (tertiary/aromatic N) is 1. The van der Waals surface area contributed by atoms with Crippen LogP contribution in [0.5, 0.6) is 11.5 Å². The van der Waals surface area contributed by atoms with Crippen LogP contribution in [0.1, 0.15) is 17.9 Å². The summed E-state index contributed by atoms with van der Waals surface area (Å²) in [7, 11) is 5.03. The number of hydrogen-bond donors (Lipinski definition) is 2. The van der Waals surface area contributed by atoms with E-state index in [2.05, 4.69) is 39.9 Å². The van der Waals surface area contributed by atoms with Crippen molar-refractivity contribution in [2.24, 2.45) is 4.99 Å². The Bertz CT molecular complexity index is 716. The lowest BCUT2D eigenvalue weighted by molar-refractivity contribution is 0.355. The minimum absolute atomic E-state index is 0.416. The highest BCUT2D eigenvalue weighted by Crippen LogP contribution is 2.40. The number of ether oxygens (including phenoxy) is 2. The van der Waals surface area contributed by atoms with Gasteiger partial charge in [-0.05, 0) is 24.1 Å². The molecule has 0 amide bonds. The lowest BCUT2D eigenvalue weighted by Crippen LogP contribution is -2.33. The summed E-state index contributed by atoms with van der Waals surface area (Å²) in [6.45, 7) is 0. The zero-order chi connectivity index (χ0) is 16.9. The molecule has 0 radical (unpaired) electrons. The van der Waals surface area contributed by atoms with Gasteiger partial charge in [0.25, 0.3) is 0 Å². The highest BCUT2D eigenvalue weighted by atomic mass is 16.5. The number of rotatable bonds is 5. The molecule has 5 heteroatoms. The quantitative estimate of drug-likeness (QED) is 0.654. The van der Waals surface area contributed by atoms with E-state index in [9.17, 15) is 0 Å². The third-order valence-electron chi connectivity index (χ3n) is 4.21. The number of guanidine groups is 1. The Morgan fingerprint density at radius 1 is 1.04 bits per heavy atom. The van der Waals surface area contributed by atoms with Crippen LogP contribution in [0.2, 0.25) is 0 Å². The van der Waals surface area contributed by atoms with Gasteiger partial charge in [-0.2, -0.15) is 0 Å². The molecule has 5 nitrogen and oxygen atoms in total. The van der Waals surface area contributed by atoms with Crippen LogP contribution in [0.4, 0.5) is 5.69 Å². The molecule has 126 valence electrons. The van der Waals surface area contributed by atoms with Gasteiger partial charge in [0, 0.05) is 30.8 Å². The molecular formula is C19H23N3O2. The van der Waals surface area contributed by atoms with Gasteiger partial charge in [-0.1, -0.05) is 30.3 Å². The average molecular weight is 325 g/mol. The highest BCUT2D eigenvalue weighted by molar-refractivity contribution is 5.94. The van der Waals surface area contributed by atoms with Gasteiger partial charge >= 0.3 is 0 Å².